The third-order valence-electron chi connectivity index (χ3n) is 4.71. The zero-order valence-electron chi connectivity index (χ0n) is 14.7. The number of fused-ring (bicyclic) bond motifs is 1. The molecule has 27 heavy (non-hydrogen) atoms. The molecule has 1 aliphatic rings. The molecule has 4 rings (SSSR count). The fourth-order valence-corrected chi connectivity index (χ4v) is 3.44. The van der Waals surface area contributed by atoms with Gasteiger partial charge in [0.2, 0.25) is 5.91 Å². The molecular weight excluding hydrogens is 345 g/mol. The first-order chi connectivity index (χ1) is 13.2. The molecule has 3 aromatic rings. The maximum Gasteiger partial charge on any atom is 0.249 e. The third-order valence-corrected chi connectivity index (χ3v) is 4.71. The molecule has 5 nitrogen and oxygen atoms in total. The van der Waals surface area contributed by atoms with Crippen molar-refractivity contribution < 1.29 is 13.9 Å². The van der Waals surface area contributed by atoms with Crippen molar-refractivity contribution >= 4 is 5.91 Å². The number of amides is 1. The van der Waals surface area contributed by atoms with Crippen molar-refractivity contribution in [2.24, 2.45) is 0 Å². The van der Waals surface area contributed by atoms with E-state index in [1.807, 2.05) is 30.3 Å². The number of nitrogens with zero attached hydrogens (tertiary/aromatic N) is 2. The highest BCUT2D eigenvalue weighted by atomic mass is 19.1. The van der Waals surface area contributed by atoms with Gasteiger partial charge in [0, 0.05) is 18.0 Å². The molecule has 2 aromatic carbocycles. The summed E-state index contributed by atoms with van der Waals surface area (Å²) in [6.07, 6.45) is 4.87. The Balaban J connectivity index is 1.65. The van der Waals surface area contributed by atoms with Gasteiger partial charge in [0.1, 0.15) is 11.6 Å². The third kappa shape index (κ3) is 3.69. The lowest BCUT2D eigenvalue weighted by molar-refractivity contribution is -0.124. The van der Waals surface area contributed by atoms with E-state index in [1.165, 1.54) is 12.1 Å². The topological polar surface area (TPSA) is 56.1 Å². The van der Waals surface area contributed by atoms with E-state index in [0.717, 1.165) is 12.0 Å². The van der Waals surface area contributed by atoms with Crippen LogP contribution in [0.5, 0.6) is 5.75 Å². The first kappa shape index (κ1) is 17.3. The molecule has 1 aromatic heterocycles. The molecule has 0 spiro atoms. The standard InChI is InChI=1S/C21H20FN3O2/c22-16-9-10-19-17(14-16)18(8-4-13-27-19)24-21(26)20(25-12-5-11-23-25)15-6-2-1-3-7-15/h1-3,5-7,9-12,14,18,20H,4,8,13H2,(H,24,26)/t18-,20+/m1/s1. The highest BCUT2D eigenvalue weighted by Crippen LogP contribution is 2.32. The Hall–Kier alpha value is -3.15. The van der Waals surface area contributed by atoms with Crippen LogP contribution in [0.1, 0.15) is 36.1 Å². The Morgan fingerprint density at radius 3 is 2.85 bits per heavy atom. The van der Waals surface area contributed by atoms with E-state index < -0.39 is 6.04 Å². The van der Waals surface area contributed by atoms with Gasteiger partial charge in [0.25, 0.3) is 0 Å². The summed E-state index contributed by atoms with van der Waals surface area (Å²) in [5, 5.41) is 7.34. The minimum atomic E-state index is -0.595. The van der Waals surface area contributed by atoms with Crippen molar-refractivity contribution in [3.63, 3.8) is 0 Å². The van der Waals surface area contributed by atoms with Crippen LogP contribution in [0.2, 0.25) is 0 Å². The smallest absolute Gasteiger partial charge is 0.249 e. The Kier molecular flexibility index (Phi) is 4.87. The number of benzene rings is 2. The zero-order chi connectivity index (χ0) is 18.6. The molecule has 0 radical (unpaired) electrons. The number of ether oxygens (including phenoxy) is 1. The van der Waals surface area contributed by atoms with E-state index in [4.69, 9.17) is 4.74 Å². The van der Waals surface area contributed by atoms with E-state index in [1.54, 1.807) is 29.2 Å². The molecule has 1 amide bonds. The van der Waals surface area contributed by atoms with Crippen LogP contribution in [0.3, 0.4) is 0 Å². The molecule has 0 saturated carbocycles. The largest absolute Gasteiger partial charge is 0.493 e. The van der Waals surface area contributed by atoms with Crippen molar-refractivity contribution in [3.05, 3.63) is 83.9 Å². The minimum absolute atomic E-state index is 0.188. The van der Waals surface area contributed by atoms with Gasteiger partial charge < -0.3 is 10.1 Å². The van der Waals surface area contributed by atoms with Crippen LogP contribution in [0, 0.1) is 5.82 Å². The maximum atomic E-state index is 13.8. The van der Waals surface area contributed by atoms with Gasteiger partial charge in [-0.25, -0.2) is 4.39 Å². The number of carbonyl (C=O) groups is 1. The van der Waals surface area contributed by atoms with Gasteiger partial charge >= 0.3 is 0 Å². The van der Waals surface area contributed by atoms with Gasteiger partial charge in [0.15, 0.2) is 6.04 Å². The summed E-state index contributed by atoms with van der Waals surface area (Å²) in [7, 11) is 0. The summed E-state index contributed by atoms with van der Waals surface area (Å²) in [4.78, 5) is 13.2. The Morgan fingerprint density at radius 2 is 2.07 bits per heavy atom. The second-order valence-corrected chi connectivity index (χ2v) is 6.53. The number of hydrogen-bond acceptors (Lipinski definition) is 3. The van der Waals surface area contributed by atoms with E-state index in [2.05, 4.69) is 10.4 Å². The maximum absolute atomic E-state index is 13.8. The van der Waals surface area contributed by atoms with Crippen molar-refractivity contribution in [1.82, 2.24) is 15.1 Å². The van der Waals surface area contributed by atoms with Crippen LogP contribution in [-0.2, 0) is 4.79 Å². The lowest BCUT2D eigenvalue weighted by atomic mass is 10.00. The number of nitrogens with one attached hydrogen (secondary N) is 1. The van der Waals surface area contributed by atoms with Crippen molar-refractivity contribution in [3.8, 4) is 5.75 Å². The summed E-state index contributed by atoms with van der Waals surface area (Å²) >= 11 is 0. The van der Waals surface area contributed by atoms with Gasteiger partial charge in [-0.2, -0.15) is 5.10 Å². The summed E-state index contributed by atoms with van der Waals surface area (Å²) in [5.74, 6) is 0.0896. The highest BCUT2D eigenvalue weighted by Gasteiger charge is 2.28. The second kappa shape index (κ2) is 7.61. The van der Waals surface area contributed by atoms with Gasteiger partial charge in [-0.05, 0) is 42.7 Å². The lowest BCUT2D eigenvalue weighted by Crippen LogP contribution is -2.36. The van der Waals surface area contributed by atoms with Gasteiger partial charge in [0.05, 0.1) is 12.6 Å². The molecule has 6 heteroatoms. The second-order valence-electron chi connectivity index (χ2n) is 6.53. The molecule has 138 valence electrons. The summed E-state index contributed by atoms with van der Waals surface area (Å²) in [5.41, 5.74) is 1.51. The van der Waals surface area contributed by atoms with Crippen LogP contribution >= 0.6 is 0 Å². The molecule has 2 atom stereocenters. The predicted molar refractivity (Wildman–Crippen MR) is 98.8 cm³/mol. The summed E-state index contributed by atoms with van der Waals surface area (Å²) in [6.45, 7) is 0.548. The molecular formula is C21H20FN3O2. The van der Waals surface area contributed by atoms with Crippen molar-refractivity contribution in [2.75, 3.05) is 6.61 Å². The quantitative estimate of drug-likeness (QED) is 0.768. The molecule has 0 fully saturated rings. The molecule has 1 aliphatic heterocycles. The first-order valence-electron chi connectivity index (χ1n) is 8.99. The Labute approximate surface area is 156 Å². The van der Waals surface area contributed by atoms with Crippen molar-refractivity contribution in [1.29, 1.82) is 0 Å². The average Bonchev–Trinajstić information content (AvgIpc) is 3.13. The van der Waals surface area contributed by atoms with Crippen LogP contribution in [0.4, 0.5) is 4.39 Å². The number of rotatable bonds is 4. The molecule has 2 heterocycles. The van der Waals surface area contributed by atoms with Gasteiger partial charge in [-0.1, -0.05) is 30.3 Å². The fraction of sp³-hybridized carbons (Fsp3) is 0.238. The highest BCUT2D eigenvalue weighted by molar-refractivity contribution is 5.84. The Bertz CT molecular complexity index is 912. The van der Waals surface area contributed by atoms with Crippen LogP contribution in [0.15, 0.2) is 67.0 Å². The molecule has 1 N–H and O–H groups in total. The average molecular weight is 365 g/mol. The van der Waals surface area contributed by atoms with Crippen molar-refractivity contribution in [2.45, 2.75) is 24.9 Å². The van der Waals surface area contributed by atoms with E-state index in [-0.39, 0.29) is 17.8 Å². The van der Waals surface area contributed by atoms with Crippen LogP contribution < -0.4 is 10.1 Å². The first-order valence-corrected chi connectivity index (χ1v) is 8.99. The molecule has 0 aliphatic carbocycles. The number of hydrogen-bond donors (Lipinski definition) is 1. The number of halogens is 1. The molecule has 0 bridgehead atoms. The summed E-state index contributed by atoms with van der Waals surface area (Å²) in [6, 6.07) is 14.8. The SMILES string of the molecule is O=C(N[C@@H]1CCCOc2ccc(F)cc21)[C@H](c1ccccc1)n1cccn1. The zero-order valence-corrected chi connectivity index (χ0v) is 14.7. The van der Waals surface area contributed by atoms with E-state index >= 15 is 0 Å². The predicted octanol–water partition coefficient (Wildman–Crippen LogP) is 3.64. The molecule has 0 unspecified atom stereocenters. The van der Waals surface area contributed by atoms with E-state index in [0.29, 0.717) is 24.3 Å². The van der Waals surface area contributed by atoms with Gasteiger partial charge in [-0.15, -0.1) is 0 Å². The number of carbonyl (C=O) groups excluding carboxylic acids is 1. The van der Waals surface area contributed by atoms with Gasteiger partial charge in [-0.3, -0.25) is 9.48 Å². The van der Waals surface area contributed by atoms with Crippen LogP contribution in [-0.4, -0.2) is 22.3 Å². The monoisotopic (exact) mass is 365 g/mol. The molecule has 0 saturated heterocycles. The Morgan fingerprint density at radius 1 is 1.22 bits per heavy atom. The van der Waals surface area contributed by atoms with E-state index in [9.17, 15) is 9.18 Å². The lowest BCUT2D eigenvalue weighted by Gasteiger charge is -2.23. The van der Waals surface area contributed by atoms with Crippen LogP contribution in [0.25, 0.3) is 0 Å². The number of aromatic nitrogens is 2. The normalized spacial score (nSPS) is 17.3. The fourth-order valence-electron chi connectivity index (χ4n) is 3.44. The minimum Gasteiger partial charge on any atom is -0.493 e. The summed E-state index contributed by atoms with van der Waals surface area (Å²) < 4.78 is 21.1.